The van der Waals surface area contributed by atoms with Gasteiger partial charge in [0, 0.05) is 47.8 Å². The Morgan fingerprint density at radius 2 is 1.16 bits per heavy atom. The van der Waals surface area contributed by atoms with Gasteiger partial charge in [-0.05, 0) is 54.1 Å². The molecule has 0 aliphatic rings. The van der Waals surface area contributed by atoms with E-state index in [0.29, 0.717) is 68.9 Å². The standard InChI is InChI=1S/C21H17F3N4O2S.C12H5ClF3N3S/c1-29-15-4-3-12(9-16(15)30-2)11-26-19-14-10-17(21(22,23)24)31-20(14)28-18(27-19)13-5-7-25-8-6-13;13-9-7-5-8(12(14,15)16)20-11(7)19-10(18-9)6-1-3-17-4-2-6/h3-10H,11H2,1-2H3,(H,26,27,28);1-5H. The van der Waals surface area contributed by atoms with E-state index in [1.807, 2.05) is 6.07 Å². The second kappa shape index (κ2) is 14.6. The summed E-state index contributed by atoms with van der Waals surface area (Å²) >= 11 is 7.09. The molecule has 0 bridgehead atoms. The number of methoxy groups -OCH3 is 2. The summed E-state index contributed by atoms with van der Waals surface area (Å²) < 4.78 is 88.5. The van der Waals surface area contributed by atoms with E-state index in [9.17, 15) is 26.3 Å². The average molecular weight is 762 g/mol. The molecule has 0 spiro atoms. The van der Waals surface area contributed by atoms with Crippen LogP contribution in [0.4, 0.5) is 32.2 Å². The molecule has 0 atom stereocenters. The number of alkyl halides is 6. The molecule has 7 rings (SSSR count). The fourth-order valence-corrected chi connectivity index (χ4v) is 6.74. The first kappa shape index (κ1) is 35.7. The Morgan fingerprint density at radius 1 is 0.647 bits per heavy atom. The predicted octanol–water partition coefficient (Wildman–Crippen LogP) is 9.83. The molecule has 6 heterocycles. The maximum atomic E-state index is 13.3. The summed E-state index contributed by atoms with van der Waals surface area (Å²) in [6.07, 6.45) is -2.61. The lowest BCUT2D eigenvalue weighted by Gasteiger charge is -2.12. The quantitative estimate of drug-likeness (QED) is 0.125. The summed E-state index contributed by atoms with van der Waals surface area (Å²) in [6.45, 7) is 0.319. The van der Waals surface area contributed by atoms with Gasteiger partial charge in [0.25, 0.3) is 0 Å². The van der Waals surface area contributed by atoms with Crippen LogP contribution < -0.4 is 14.8 Å². The minimum absolute atomic E-state index is 0.00793. The van der Waals surface area contributed by atoms with E-state index in [2.05, 4.69) is 35.2 Å². The number of thiophene rings is 2. The maximum absolute atomic E-state index is 13.3. The Balaban J connectivity index is 0.000000193. The van der Waals surface area contributed by atoms with Crippen molar-refractivity contribution in [3.8, 4) is 34.3 Å². The van der Waals surface area contributed by atoms with Gasteiger partial charge in [0.2, 0.25) is 0 Å². The Hall–Kier alpha value is -5.13. The molecule has 51 heavy (non-hydrogen) atoms. The predicted molar refractivity (Wildman–Crippen MR) is 183 cm³/mol. The van der Waals surface area contributed by atoms with Crippen molar-refractivity contribution in [2.24, 2.45) is 0 Å². The average Bonchev–Trinajstić information content (AvgIpc) is 3.78. The van der Waals surface area contributed by atoms with Gasteiger partial charge in [-0.25, -0.2) is 19.9 Å². The zero-order valence-corrected chi connectivity index (χ0v) is 28.6. The molecule has 262 valence electrons. The highest BCUT2D eigenvalue weighted by atomic mass is 35.5. The highest BCUT2D eigenvalue weighted by Gasteiger charge is 2.34. The Morgan fingerprint density at radius 3 is 1.69 bits per heavy atom. The third kappa shape index (κ3) is 8.10. The van der Waals surface area contributed by atoms with Crippen LogP contribution in [-0.2, 0) is 18.9 Å². The smallest absolute Gasteiger partial charge is 0.425 e. The van der Waals surface area contributed by atoms with Gasteiger partial charge in [0.15, 0.2) is 23.1 Å². The van der Waals surface area contributed by atoms with Gasteiger partial charge >= 0.3 is 12.4 Å². The molecule has 1 aromatic carbocycles. The zero-order valence-electron chi connectivity index (χ0n) is 26.2. The molecule has 0 amide bonds. The molecule has 0 unspecified atom stereocenters. The highest BCUT2D eigenvalue weighted by molar-refractivity contribution is 7.19. The third-order valence-electron chi connectivity index (χ3n) is 7.08. The zero-order chi connectivity index (χ0) is 36.3. The molecule has 6 aromatic heterocycles. The van der Waals surface area contributed by atoms with Crippen molar-refractivity contribution in [1.82, 2.24) is 29.9 Å². The van der Waals surface area contributed by atoms with Crippen LogP contribution in [0.5, 0.6) is 11.5 Å². The lowest BCUT2D eigenvalue weighted by Crippen LogP contribution is -2.04. The number of hydrogen-bond donors (Lipinski definition) is 1. The van der Waals surface area contributed by atoms with E-state index in [4.69, 9.17) is 21.1 Å². The summed E-state index contributed by atoms with van der Waals surface area (Å²) in [5, 5.41) is 3.68. The molecule has 0 fully saturated rings. The first-order valence-electron chi connectivity index (χ1n) is 14.5. The lowest BCUT2D eigenvalue weighted by atomic mass is 10.2. The minimum atomic E-state index is -4.46. The molecule has 9 nitrogen and oxygen atoms in total. The van der Waals surface area contributed by atoms with Crippen LogP contribution in [0.3, 0.4) is 0 Å². The first-order valence-corrected chi connectivity index (χ1v) is 16.5. The van der Waals surface area contributed by atoms with Crippen LogP contribution in [0.25, 0.3) is 43.2 Å². The number of hydrogen-bond acceptors (Lipinski definition) is 11. The summed E-state index contributed by atoms with van der Waals surface area (Å²) in [4.78, 5) is 23.8. The number of ether oxygens (including phenoxy) is 2. The number of anilines is 1. The molecular formula is C33H22ClF6N7O2S2. The summed E-state index contributed by atoms with van der Waals surface area (Å²) in [7, 11) is 3.08. The normalized spacial score (nSPS) is 11.7. The van der Waals surface area contributed by atoms with Crippen molar-refractivity contribution in [3.63, 3.8) is 0 Å². The maximum Gasteiger partial charge on any atom is 0.425 e. The van der Waals surface area contributed by atoms with Gasteiger partial charge in [-0.2, -0.15) is 26.3 Å². The van der Waals surface area contributed by atoms with E-state index in [1.54, 1.807) is 68.3 Å². The van der Waals surface area contributed by atoms with Crippen molar-refractivity contribution in [1.29, 1.82) is 0 Å². The molecule has 1 N–H and O–H groups in total. The fourth-order valence-electron chi connectivity index (χ4n) is 4.66. The number of fused-ring (bicyclic) bond motifs is 2. The Kier molecular flexibility index (Phi) is 10.2. The van der Waals surface area contributed by atoms with Gasteiger partial charge in [-0.1, -0.05) is 17.7 Å². The highest BCUT2D eigenvalue weighted by Crippen LogP contribution is 2.41. The molecule has 0 aliphatic carbocycles. The number of benzene rings is 1. The van der Waals surface area contributed by atoms with Crippen LogP contribution in [0.15, 0.2) is 79.4 Å². The molecule has 0 aliphatic heterocycles. The summed E-state index contributed by atoms with van der Waals surface area (Å²) in [5.74, 6) is 2.06. The number of nitrogens with one attached hydrogen (secondary N) is 1. The number of halogens is 7. The van der Waals surface area contributed by atoms with Crippen molar-refractivity contribution in [2.45, 2.75) is 18.9 Å². The van der Waals surface area contributed by atoms with Gasteiger partial charge in [-0.15, -0.1) is 22.7 Å². The molecular weight excluding hydrogens is 740 g/mol. The molecule has 18 heteroatoms. The van der Waals surface area contributed by atoms with E-state index in [0.717, 1.165) is 17.7 Å². The van der Waals surface area contributed by atoms with Gasteiger partial charge in [0.1, 0.15) is 30.4 Å². The molecule has 0 radical (unpaired) electrons. The SMILES string of the molecule is COc1ccc(CNc2nc(-c3ccncc3)nc3sc(C(F)(F)F)cc23)cc1OC.FC(F)(F)c1cc2c(Cl)nc(-c3ccncc3)nc2s1. The van der Waals surface area contributed by atoms with Gasteiger partial charge in [0.05, 0.1) is 19.6 Å². The summed E-state index contributed by atoms with van der Waals surface area (Å²) in [6, 6.07) is 14.2. The largest absolute Gasteiger partial charge is 0.493 e. The summed E-state index contributed by atoms with van der Waals surface area (Å²) in [5.41, 5.74) is 2.15. The van der Waals surface area contributed by atoms with Gasteiger partial charge in [-0.3, -0.25) is 9.97 Å². The van der Waals surface area contributed by atoms with Gasteiger partial charge < -0.3 is 14.8 Å². The van der Waals surface area contributed by atoms with Crippen molar-refractivity contribution >= 4 is 60.5 Å². The monoisotopic (exact) mass is 761 g/mol. The van der Waals surface area contributed by atoms with Crippen LogP contribution in [0.2, 0.25) is 5.15 Å². The first-order chi connectivity index (χ1) is 24.3. The number of rotatable bonds is 7. The van der Waals surface area contributed by atoms with E-state index in [1.165, 1.54) is 7.11 Å². The second-order valence-electron chi connectivity index (χ2n) is 10.4. The lowest BCUT2D eigenvalue weighted by molar-refractivity contribution is -0.135. The number of pyridine rings is 2. The topological polar surface area (TPSA) is 108 Å². The molecule has 0 saturated heterocycles. The Bertz CT molecular complexity index is 2300. The van der Waals surface area contributed by atoms with E-state index < -0.39 is 22.1 Å². The Labute approximate surface area is 298 Å². The van der Waals surface area contributed by atoms with E-state index >= 15 is 0 Å². The van der Waals surface area contributed by atoms with Crippen molar-refractivity contribution < 1.29 is 35.8 Å². The van der Waals surface area contributed by atoms with E-state index in [-0.39, 0.29) is 26.0 Å². The minimum Gasteiger partial charge on any atom is -0.493 e. The molecule has 7 aromatic rings. The fraction of sp³-hybridized carbons (Fsp3) is 0.152. The van der Waals surface area contributed by atoms with Crippen molar-refractivity contribution in [3.05, 3.63) is 99.9 Å². The number of aromatic nitrogens is 6. The molecule has 0 saturated carbocycles. The number of nitrogens with zero attached hydrogens (tertiary/aromatic N) is 6. The van der Waals surface area contributed by atoms with Crippen LogP contribution in [-0.4, -0.2) is 44.1 Å². The second-order valence-corrected chi connectivity index (χ2v) is 12.8. The van der Waals surface area contributed by atoms with Crippen molar-refractivity contribution in [2.75, 3.05) is 19.5 Å². The van der Waals surface area contributed by atoms with Crippen LogP contribution in [0, 0.1) is 0 Å². The van der Waals surface area contributed by atoms with Crippen LogP contribution in [0.1, 0.15) is 15.3 Å². The third-order valence-corrected chi connectivity index (χ3v) is 9.52. The van der Waals surface area contributed by atoms with Crippen LogP contribution >= 0.6 is 34.3 Å².